The van der Waals surface area contributed by atoms with E-state index >= 15 is 0 Å². The van der Waals surface area contributed by atoms with Crippen molar-refractivity contribution in [3.05, 3.63) is 58.7 Å². The Balaban J connectivity index is 1.50. The summed E-state index contributed by atoms with van der Waals surface area (Å²) in [6, 6.07) is 11.6. The highest BCUT2D eigenvalue weighted by Gasteiger charge is 2.41. The van der Waals surface area contributed by atoms with Crippen LogP contribution >= 0.6 is 0 Å². The van der Waals surface area contributed by atoms with Crippen molar-refractivity contribution in [1.29, 1.82) is 0 Å². The number of aliphatic hydroxyl groups excluding tert-OH is 3. The Labute approximate surface area is 330 Å². The molecule has 10 N–H and O–H groups in total. The highest BCUT2D eigenvalue weighted by atomic mass is 16.5. The highest BCUT2D eigenvalue weighted by molar-refractivity contribution is 5.77. The minimum Gasteiger partial charge on any atom is -0.504 e. The van der Waals surface area contributed by atoms with Crippen molar-refractivity contribution in [3.8, 4) is 23.3 Å². The van der Waals surface area contributed by atoms with E-state index in [4.69, 9.17) is 20.2 Å². The third-order valence-electron chi connectivity index (χ3n) is 12.3. The minimum absolute atomic E-state index is 0.100. The number of benzene rings is 2. The Morgan fingerprint density at radius 1 is 1.07 bits per heavy atom. The van der Waals surface area contributed by atoms with Crippen LogP contribution in [0.25, 0.3) is 0 Å². The maximum Gasteiger partial charge on any atom is 0.302 e. The number of hydrogen-bond donors (Lipinski definition) is 9. The first-order valence-electron chi connectivity index (χ1n) is 20.4. The lowest BCUT2D eigenvalue weighted by atomic mass is 9.72. The third-order valence-corrected chi connectivity index (χ3v) is 12.3. The number of piperidine rings is 1. The minimum atomic E-state index is -1.90. The van der Waals surface area contributed by atoms with Crippen LogP contribution in [0.4, 0.5) is 0 Å². The Morgan fingerprint density at radius 2 is 1.86 bits per heavy atom. The number of ether oxygens (including phenoxy) is 2. The van der Waals surface area contributed by atoms with Gasteiger partial charge in [0, 0.05) is 55.8 Å². The van der Waals surface area contributed by atoms with E-state index < -0.39 is 47.8 Å². The fourth-order valence-electron chi connectivity index (χ4n) is 9.10. The lowest BCUT2D eigenvalue weighted by molar-refractivity contribution is -0.152. The van der Waals surface area contributed by atoms with E-state index in [0.717, 1.165) is 38.6 Å². The molecule has 2 aromatic carbocycles. The number of nitrogens with zero attached hydrogens (tertiary/aromatic N) is 1. The molecule has 6 rings (SSSR count). The number of esters is 1. The summed E-state index contributed by atoms with van der Waals surface area (Å²) >= 11 is 0. The van der Waals surface area contributed by atoms with Gasteiger partial charge in [0.1, 0.15) is 12.2 Å². The van der Waals surface area contributed by atoms with Crippen molar-refractivity contribution >= 4 is 11.9 Å². The number of nitrogens with one attached hydrogen (secondary N) is 3. The predicted octanol–water partition coefficient (Wildman–Crippen LogP) is 2.34. The molecule has 306 valence electrons. The summed E-state index contributed by atoms with van der Waals surface area (Å²) in [6.07, 6.45) is 1.26. The van der Waals surface area contributed by atoms with Gasteiger partial charge in [-0.05, 0) is 100 Å². The zero-order valence-electron chi connectivity index (χ0n) is 32.8. The zero-order valence-corrected chi connectivity index (χ0v) is 32.8. The van der Waals surface area contributed by atoms with Gasteiger partial charge in [0.15, 0.2) is 23.7 Å². The fourth-order valence-corrected chi connectivity index (χ4v) is 9.10. The van der Waals surface area contributed by atoms with Crippen LogP contribution < -0.4 is 26.4 Å². The molecule has 0 saturated carbocycles. The first-order valence-corrected chi connectivity index (χ1v) is 20.4. The van der Waals surface area contributed by atoms with Crippen LogP contribution in [0.15, 0.2) is 41.4 Å². The van der Waals surface area contributed by atoms with Crippen LogP contribution in [0.1, 0.15) is 93.8 Å². The van der Waals surface area contributed by atoms with Crippen LogP contribution in [0.2, 0.25) is 0 Å². The molecule has 1 spiro atoms. The molecule has 1 aliphatic carbocycles. The lowest BCUT2D eigenvalue weighted by Gasteiger charge is -2.43. The molecule has 0 aromatic heterocycles. The van der Waals surface area contributed by atoms with Crippen molar-refractivity contribution in [3.63, 3.8) is 0 Å². The maximum atomic E-state index is 12.7. The number of aromatic hydroxyl groups is 1. The Morgan fingerprint density at radius 3 is 2.61 bits per heavy atom. The standard InChI is InChI=1S/C43H61N5O8/c1-27(49)42-14-8-31-7-4-13-43(26-45-16-10-29-5-3-6-30(19-29)11-17-46-41(44)47-25-42)24-34(12-18-48-43)56-39-21-32(36(40(53)54)23-37(39)52)20-35(31)38(55-28(2)50)22-33(51)9-15-42/h3,5-6,19,21,23,27,31,33-35,38,40,45,48-49,51-54H,4,7,9-13,15-18,20,22,24-26H2,1-2H3,(H3,44,46,47). The second-order valence-electron chi connectivity index (χ2n) is 16.5. The summed E-state index contributed by atoms with van der Waals surface area (Å²) in [6.45, 7) is 5.88. The summed E-state index contributed by atoms with van der Waals surface area (Å²) in [7, 11) is 0. The van der Waals surface area contributed by atoms with Crippen LogP contribution in [-0.4, -0.2) is 100 Å². The van der Waals surface area contributed by atoms with Gasteiger partial charge in [0.05, 0.1) is 24.2 Å². The van der Waals surface area contributed by atoms with Gasteiger partial charge in [-0.25, -0.2) is 0 Å². The number of rotatable bonds is 3. The quantitative estimate of drug-likeness (QED) is 0.125. The van der Waals surface area contributed by atoms with E-state index in [0.29, 0.717) is 44.5 Å². The van der Waals surface area contributed by atoms with Gasteiger partial charge < -0.3 is 56.7 Å². The summed E-state index contributed by atoms with van der Waals surface area (Å²) in [5, 5.41) is 66.1. The molecule has 2 aromatic rings. The molecule has 3 aliphatic heterocycles. The van der Waals surface area contributed by atoms with Gasteiger partial charge in [0.25, 0.3) is 0 Å². The molecular weight excluding hydrogens is 715 g/mol. The molecule has 13 heteroatoms. The van der Waals surface area contributed by atoms with Crippen LogP contribution in [-0.2, 0) is 28.8 Å². The number of carbonyl (C=O) groups is 1. The number of aliphatic hydroxyl groups is 4. The van der Waals surface area contributed by atoms with Crippen LogP contribution in [0, 0.1) is 29.1 Å². The summed E-state index contributed by atoms with van der Waals surface area (Å²) in [5.41, 5.74) is 8.04. The number of fused-ring (bicyclic) bond motifs is 8. The summed E-state index contributed by atoms with van der Waals surface area (Å²) in [4.78, 5) is 17.4. The molecule has 1 saturated heterocycles. The van der Waals surface area contributed by atoms with Gasteiger partial charge in [0.2, 0.25) is 0 Å². The average molecular weight is 776 g/mol. The normalized spacial score (nSPS) is 31.1. The number of nitrogens with two attached hydrogens (primary N) is 1. The van der Waals surface area contributed by atoms with Gasteiger partial charge in [-0.2, -0.15) is 0 Å². The first-order chi connectivity index (χ1) is 26.8. The van der Waals surface area contributed by atoms with E-state index in [2.05, 4.69) is 52.1 Å². The second kappa shape index (κ2) is 18.6. The Hall–Kier alpha value is -3.90. The van der Waals surface area contributed by atoms with Gasteiger partial charge in [-0.3, -0.25) is 9.79 Å². The monoisotopic (exact) mass is 775 g/mol. The summed E-state index contributed by atoms with van der Waals surface area (Å²) < 4.78 is 12.6. The predicted molar refractivity (Wildman–Crippen MR) is 213 cm³/mol. The number of guanidine groups is 1. The van der Waals surface area contributed by atoms with E-state index in [9.17, 15) is 30.3 Å². The molecule has 0 radical (unpaired) electrons. The van der Waals surface area contributed by atoms with Crippen molar-refractivity contribution in [2.24, 2.45) is 28.0 Å². The fraction of sp³-hybridized carbons (Fsp3) is 0.628. The largest absolute Gasteiger partial charge is 0.504 e. The van der Waals surface area contributed by atoms with E-state index in [-0.39, 0.29) is 60.5 Å². The topological polar surface area (TPSA) is 211 Å². The van der Waals surface area contributed by atoms with E-state index in [1.165, 1.54) is 24.1 Å². The van der Waals surface area contributed by atoms with Crippen molar-refractivity contribution in [2.75, 3.05) is 32.7 Å². The molecule has 1 fully saturated rings. The molecule has 4 aliphatic rings. The van der Waals surface area contributed by atoms with E-state index in [1.807, 2.05) is 0 Å². The smallest absolute Gasteiger partial charge is 0.302 e. The molecule has 8 unspecified atom stereocenters. The number of phenols is 1. The number of hydrogen-bond acceptors (Lipinski definition) is 13. The van der Waals surface area contributed by atoms with Gasteiger partial charge >= 0.3 is 5.97 Å². The SMILES string of the molecule is CC(=O)OC1CC(O)CCC2(C(C)O)C#CC3CCCC4(CNCCc5cccc(c5)CCNC(N)=NC2)CC(CCN4)Oc2cc(c(C(O)O)cc2O)CC31. The molecule has 8 atom stereocenters. The number of carbonyl (C=O) groups excluding carboxylic acids is 1. The molecule has 8 bridgehead atoms. The van der Waals surface area contributed by atoms with Crippen molar-refractivity contribution in [2.45, 2.75) is 121 Å². The third kappa shape index (κ3) is 10.5. The van der Waals surface area contributed by atoms with Crippen LogP contribution in [0.3, 0.4) is 0 Å². The van der Waals surface area contributed by atoms with Gasteiger partial charge in [-0.1, -0.05) is 42.5 Å². The molecular formula is C43H61N5O8. The number of aliphatic imine (C=N–C) groups is 1. The van der Waals surface area contributed by atoms with Crippen molar-refractivity contribution < 1.29 is 39.8 Å². The highest BCUT2D eigenvalue weighted by Crippen LogP contribution is 2.41. The first kappa shape index (κ1) is 41.7. The lowest BCUT2D eigenvalue weighted by Crippen LogP contribution is -2.59. The summed E-state index contributed by atoms with van der Waals surface area (Å²) in [5.74, 6) is 5.89. The molecule has 13 nitrogen and oxygen atoms in total. The molecule has 0 amide bonds. The molecule has 56 heavy (non-hydrogen) atoms. The van der Waals surface area contributed by atoms with Crippen molar-refractivity contribution in [1.82, 2.24) is 16.0 Å². The maximum absolute atomic E-state index is 12.7. The zero-order chi connectivity index (χ0) is 39.9. The second-order valence-corrected chi connectivity index (χ2v) is 16.5. The number of phenolic OH excluding ortho intramolecular Hbond substituents is 1. The molecule has 3 heterocycles. The van der Waals surface area contributed by atoms with Gasteiger partial charge in [-0.15, -0.1) is 0 Å². The van der Waals surface area contributed by atoms with E-state index in [1.54, 1.807) is 13.0 Å². The average Bonchev–Trinajstić information content (AvgIpc) is 3.15. The van der Waals surface area contributed by atoms with Crippen LogP contribution in [0.5, 0.6) is 11.5 Å². The Bertz CT molecular complexity index is 1760. The Kier molecular flexibility index (Phi) is 13.8.